The highest BCUT2D eigenvalue weighted by Crippen LogP contribution is 2.26. The largest absolute Gasteiger partial charge is 0.336 e. The summed E-state index contributed by atoms with van der Waals surface area (Å²) >= 11 is 0. The number of imidazole rings is 1. The lowest BCUT2D eigenvalue weighted by Gasteiger charge is -2.33. The van der Waals surface area contributed by atoms with Crippen LogP contribution in [0.5, 0.6) is 0 Å². The van der Waals surface area contributed by atoms with Crippen molar-refractivity contribution >= 4 is 17.3 Å². The highest BCUT2D eigenvalue weighted by atomic mass is 19.1. The van der Waals surface area contributed by atoms with Crippen molar-refractivity contribution in [2.24, 2.45) is 5.92 Å². The zero-order valence-electron chi connectivity index (χ0n) is 18.7. The third kappa shape index (κ3) is 4.69. The van der Waals surface area contributed by atoms with E-state index in [-0.39, 0.29) is 29.5 Å². The second-order valence-corrected chi connectivity index (χ2v) is 9.18. The number of halogens is 1. The first-order valence-corrected chi connectivity index (χ1v) is 11.8. The fourth-order valence-electron chi connectivity index (χ4n) is 5.22. The van der Waals surface area contributed by atoms with E-state index in [1.807, 2.05) is 33.8 Å². The average Bonchev–Trinajstić information content (AvgIpc) is 3.51. The number of aromatic nitrogens is 2. The van der Waals surface area contributed by atoms with E-state index >= 15 is 0 Å². The van der Waals surface area contributed by atoms with E-state index in [1.54, 1.807) is 18.3 Å². The van der Waals surface area contributed by atoms with Gasteiger partial charge in [-0.25, -0.2) is 9.37 Å². The van der Waals surface area contributed by atoms with Gasteiger partial charge in [-0.05, 0) is 81.6 Å². The highest BCUT2D eigenvalue weighted by molar-refractivity contribution is 5.97. The Kier molecular flexibility index (Phi) is 6.22. The quantitative estimate of drug-likeness (QED) is 0.534. The number of ketones is 1. The number of likely N-dealkylation sites (tertiary alicyclic amines) is 2. The van der Waals surface area contributed by atoms with Crippen molar-refractivity contribution in [1.82, 2.24) is 19.2 Å². The predicted molar refractivity (Wildman–Crippen MR) is 124 cm³/mol. The molecule has 0 radical (unpaired) electrons. The molecule has 1 aromatic carbocycles. The minimum Gasteiger partial charge on any atom is -0.336 e. The van der Waals surface area contributed by atoms with Crippen LogP contribution in [-0.4, -0.2) is 63.1 Å². The van der Waals surface area contributed by atoms with E-state index < -0.39 is 0 Å². The summed E-state index contributed by atoms with van der Waals surface area (Å²) in [5.41, 5.74) is 2.14. The summed E-state index contributed by atoms with van der Waals surface area (Å²) in [5.74, 6) is -0.0915. The summed E-state index contributed by atoms with van der Waals surface area (Å²) in [6.07, 6.45) is 10.1. The Balaban J connectivity index is 1.13. The molecule has 0 bridgehead atoms. The van der Waals surface area contributed by atoms with Crippen LogP contribution in [0.2, 0.25) is 0 Å². The Morgan fingerprint density at radius 1 is 0.970 bits per heavy atom. The number of hydrogen-bond donors (Lipinski definition) is 0. The lowest BCUT2D eigenvalue weighted by molar-refractivity contribution is 0.0704. The molecule has 4 heterocycles. The van der Waals surface area contributed by atoms with Crippen LogP contribution >= 0.6 is 0 Å². The third-order valence-corrected chi connectivity index (χ3v) is 7.14. The Morgan fingerprint density at radius 3 is 2.52 bits per heavy atom. The molecule has 0 saturated carbocycles. The minimum absolute atomic E-state index is 0.00867. The standard InChI is InChI=1S/C26H29FN4O2/c27-22-6-3-19(4-7-22)25(32)20-9-14-29(15-10-20)16-11-23-2-1-13-31(23)26(33)21-5-8-24-28-12-17-30(24)18-21/h3-8,12,17-18,20,23H,1-2,9-11,13-16H2. The van der Waals surface area contributed by atoms with Crippen LogP contribution in [0.15, 0.2) is 55.0 Å². The molecular weight excluding hydrogens is 419 g/mol. The molecule has 0 N–H and O–H groups in total. The van der Waals surface area contributed by atoms with Crippen LogP contribution in [0.4, 0.5) is 4.39 Å². The van der Waals surface area contributed by atoms with Gasteiger partial charge in [-0.1, -0.05) is 0 Å². The van der Waals surface area contributed by atoms with E-state index in [0.29, 0.717) is 11.1 Å². The van der Waals surface area contributed by atoms with Crippen molar-refractivity contribution < 1.29 is 14.0 Å². The average molecular weight is 449 g/mol. The van der Waals surface area contributed by atoms with Gasteiger partial charge < -0.3 is 14.2 Å². The maximum absolute atomic E-state index is 13.2. The third-order valence-electron chi connectivity index (χ3n) is 7.14. The second kappa shape index (κ2) is 9.43. The molecule has 1 atom stereocenters. The van der Waals surface area contributed by atoms with Crippen molar-refractivity contribution in [3.63, 3.8) is 0 Å². The summed E-state index contributed by atoms with van der Waals surface area (Å²) in [5, 5.41) is 0. The monoisotopic (exact) mass is 448 g/mol. The summed E-state index contributed by atoms with van der Waals surface area (Å²) in [6.45, 7) is 3.51. The summed E-state index contributed by atoms with van der Waals surface area (Å²) in [6, 6.07) is 9.88. The zero-order chi connectivity index (χ0) is 22.8. The van der Waals surface area contributed by atoms with Crippen molar-refractivity contribution in [2.45, 2.75) is 38.1 Å². The van der Waals surface area contributed by atoms with Crippen LogP contribution in [0, 0.1) is 11.7 Å². The van der Waals surface area contributed by atoms with Gasteiger partial charge in [-0.15, -0.1) is 0 Å². The molecule has 2 aliphatic rings. The van der Waals surface area contributed by atoms with Crippen LogP contribution < -0.4 is 0 Å². The molecule has 6 nitrogen and oxygen atoms in total. The SMILES string of the molecule is O=C(c1ccc(F)cc1)C1CCN(CCC2CCCN2C(=O)c2ccc3nccn3c2)CC1. The Hall–Kier alpha value is -3.06. The molecular formula is C26H29FN4O2. The van der Waals surface area contributed by atoms with Gasteiger partial charge in [0, 0.05) is 49.2 Å². The van der Waals surface area contributed by atoms with E-state index in [2.05, 4.69) is 9.88 Å². The first-order valence-electron chi connectivity index (χ1n) is 11.8. The molecule has 2 aliphatic heterocycles. The Labute approximate surface area is 193 Å². The van der Waals surface area contributed by atoms with Crippen LogP contribution in [-0.2, 0) is 0 Å². The summed E-state index contributed by atoms with van der Waals surface area (Å²) in [4.78, 5) is 34.6. The van der Waals surface area contributed by atoms with Gasteiger partial charge in [-0.2, -0.15) is 0 Å². The molecule has 2 fully saturated rings. The van der Waals surface area contributed by atoms with Crippen molar-refractivity contribution in [3.8, 4) is 0 Å². The molecule has 1 amide bonds. The molecule has 7 heteroatoms. The molecule has 5 rings (SSSR count). The molecule has 2 aromatic heterocycles. The molecule has 2 saturated heterocycles. The smallest absolute Gasteiger partial charge is 0.255 e. The predicted octanol–water partition coefficient (Wildman–Crippen LogP) is 4.06. The fraction of sp³-hybridized carbons (Fsp3) is 0.423. The normalized spacial score (nSPS) is 19.9. The van der Waals surface area contributed by atoms with Gasteiger partial charge in [0.1, 0.15) is 11.5 Å². The number of rotatable bonds is 6. The van der Waals surface area contributed by atoms with Crippen molar-refractivity contribution in [1.29, 1.82) is 0 Å². The van der Waals surface area contributed by atoms with E-state index in [0.717, 1.165) is 63.9 Å². The molecule has 0 spiro atoms. The van der Waals surface area contributed by atoms with Crippen LogP contribution in [0.25, 0.3) is 5.65 Å². The first kappa shape index (κ1) is 21.8. The molecule has 172 valence electrons. The van der Waals surface area contributed by atoms with E-state index in [9.17, 15) is 14.0 Å². The Bertz CT molecular complexity index is 1130. The second-order valence-electron chi connectivity index (χ2n) is 9.18. The number of carbonyl (C=O) groups excluding carboxylic acids is 2. The van der Waals surface area contributed by atoms with Gasteiger partial charge in [0.05, 0.1) is 5.56 Å². The number of amides is 1. The van der Waals surface area contributed by atoms with Gasteiger partial charge >= 0.3 is 0 Å². The Morgan fingerprint density at radius 2 is 1.73 bits per heavy atom. The maximum atomic E-state index is 13.2. The first-order chi connectivity index (χ1) is 16.1. The van der Waals surface area contributed by atoms with E-state index in [4.69, 9.17) is 0 Å². The zero-order valence-corrected chi connectivity index (χ0v) is 18.7. The van der Waals surface area contributed by atoms with E-state index in [1.165, 1.54) is 12.1 Å². The van der Waals surface area contributed by atoms with Gasteiger partial charge in [0.2, 0.25) is 0 Å². The van der Waals surface area contributed by atoms with Gasteiger partial charge in [0.15, 0.2) is 5.78 Å². The number of benzene rings is 1. The van der Waals surface area contributed by atoms with Gasteiger partial charge in [-0.3, -0.25) is 9.59 Å². The summed E-state index contributed by atoms with van der Waals surface area (Å²) in [7, 11) is 0. The number of Topliss-reactive ketones (excluding diaryl/α,β-unsaturated/α-hetero) is 1. The maximum Gasteiger partial charge on any atom is 0.255 e. The van der Waals surface area contributed by atoms with Crippen LogP contribution in [0.1, 0.15) is 52.8 Å². The number of piperidine rings is 1. The van der Waals surface area contributed by atoms with Crippen molar-refractivity contribution in [2.75, 3.05) is 26.2 Å². The molecule has 33 heavy (non-hydrogen) atoms. The number of nitrogens with zero attached hydrogens (tertiary/aromatic N) is 4. The van der Waals surface area contributed by atoms with Gasteiger partial charge in [0.25, 0.3) is 5.91 Å². The molecule has 1 unspecified atom stereocenters. The fourth-order valence-corrected chi connectivity index (χ4v) is 5.22. The molecule has 3 aromatic rings. The minimum atomic E-state index is -0.317. The number of pyridine rings is 1. The van der Waals surface area contributed by atoms with Crippen molar-refractivity contribution in [3.05, 3.63) is 71.9 Å². The highest BCUT2D eigenvalue weighted by Gasteiger charge is 2.31. The lowest BCUT2D eigenvalue weighted by atomic mass is 9.88. The number of carbonyl (C=O) groups is 2. The number of fused-ring (bicyclic) bond motifs is 1. The molecule has 0 aliphatic carbocycles. The topological polar surface area (TPSA) is 57.9 Å². The lowest BCUT2D eigenvalue weighted by Crippen LogP contribution is -2.41. The summed E-state index contributed by atoms with van der Waals surface area (Å²) < 4.78 is 15.0. The van der Waals surface area contributed by atoms with Crippen LogP contribution in [0.3, 0.4) is 0 Å². The number of hydrogen-bond acceptors (Lipinski definition) is 4.